The van der Waals surface area contributed by atoms with Crippen LogP contribution in [0.2, 0.25) is 5.02 Å². The number of amides is 1. The van der Waals surface area contributed by atoms with Gasteiger partial charge in [-0.3, -0.25) is 14.3 Å². The fourth-order valence-corrected chi connectivity index (χ4v) is 4.39. The van der Waals surface area contributed by atoms with Gasteiger partial charge in [0.15, 0.2) is 0 Å². The van der Waals surface area contributed by atoms with Crippen molar-refractivity contribution in [3.8, 4) is 5.69 Å². The number of ether oxygens (including phenoxy) is 1. The number of morpholine rings is 1. The molecule has 7 nitrogen and oxygen atoms in total. The zero-order chi connectivity index (χ0) is 21.7. The Hall–Kier alpha value is -3.23. The Morgan fingerprint density at radius 2 is 1.97 bits per heavy atom. The second-order valence-corrected chi connectivity index (χ2v) is 7.84. The van der Waals surface area contributed by atoms with Crippen molar-refractivity contribution >= 4 is 45.1 Å². The second kappa shape index (κ2) is 7.47. The van der Waals surface area contributed by atoms with Crippen molar-refractivity contribution in [2.75, 3.05) is 31.2 Å². The average molecular weight is 440 g/mol. The van der Waals surface area contributed by atoms with Crippen molar-refractivity contribution in [3.05, 3.63) is 58.8 Å². The molecule has 0 spiro atoms. The van der Waals surface area contributed by atoms with E-state index in [1.807, 2.05) is 17.6 Å². The van der Waals surface area contributed by atoms with Gasteiger partial charge in [-0.15, -0.1) is 0 Å². The summed E-state index contributed by atoms with van der Waals surface area (Å²) >= 11 is 6.24. The van der Waals surface area contributed by atoms with Crippen LogP contribution in [0.15, 0.2) is 36.5 Å². The second-order valence-electron chi connectivity index (χ2n) is 7.43. The molecule has 158 valence electrons. The average Bonchev–Trinajstić information content (AvgIpc) is 3.08. The third-order valence-electron chi connectivity index (χ3n) is 5.54. The Labute approximate surface area is 182 Å². The monoisotopic (exact) mass is 439 g/mol. The van der Waals surface area contributed by atoms with Gasteiger partial charge < -0.3 is 15.4 Å². The summed E-state index contributed by atoms with van der Waals surface area (Å²) in [5, 5.41) is 0.776. The Kier molecular flexibility index (Phi) is 4.75. The molecule has 9 heteroatoms. The number of nitrogens with zero attached hydrogens (tertiary/aromatic N) is 4. The van der Waals surface area contributed by atoms with Crippen molar-refractivity contribution in [3.63, 3.8) is 0 Å². The number of primary amides is 1. The number of imidazole rings is 1. The summed E-state index contributed by atoms with van der Waals surface area (Å²) in [6.07, 6.45) is 1.62. The molecule has 5 rings (SSSR count). The van der Waals surface area contributed by atoms with Crippen LogP contribution >= 0.6 is 11.6 Å². The van der Waals surface area contributed by atoms with E-state index in [0.29, 0.717) is 65.3 Å². The molecule has 0 unspecified atom stereocenters. The van der Waals surface area contributed by atoms with E-state index in [-0.39, 0.29) is 5.02 Å². The smallest absolute Gasteiger partial charge is 0.251 e. The summed E-state index contributed by atoms with van der Waals surface area (Å²) in [4.78, 5) is 23.3. The molecule has 3 heterocycles. The number of aryl methyl sites for hydroxylation is 1. The van der Waals surface area contributed by atoms with Gasteiger partial charge in [-0.05, 0) is 37.3 Å². The predicted octanol–water partition coefficient (Wildman–Crippen LogP) is 3.61. The molecule has 0 atom stereocenters. The first-order valence-corrected chi connectivity index (χ1v) is 10.2. The zero-order valence-electron chi connectivity index (χ0n) is 16.7. The van der Waals surface area contributed by atoms with Crippen LogP contribution in [0.5, 0.6) is 0 Å². The number of anilines is 1. The quantitative estimate of drug-likeness (QED) is 0.527. The lowest BCUT2D eigenvalue weighted by molar-refractivity contribution is 0.100. The topological polar surface area (TPSA) is 86.3 Å². The fraction of sp³-hybridized carbons (Fsp3) is 0.227. The van der Waals surface area contributed by atoms with Gasteiger partial charge in [0.05, 0.1) is 40.5 Å². The minimum Gasteiger partial charge on any atom is -0.378 e. The van der Waals surface area contributed by atoms with Crippen LogP contribution < -0.4 is 10.6 Å². The largest absolute Gasteiger partial charge is 0.378 e. The molecule has 0 saturated carbocycles. The Bertz CT molecular complexity index is 1350. The third kappa shape index (κ3) is 3.28. The lowest BCUT2D eigenvalue weighted by Crippen LogP contribution is -2.36. The van der Waals surface area contributed by atoms with Gasteiger partial charge in [0.1, 0.15) is 17.2 Å². The molecule has 2 aromatic heterocycles. The van der Waals surface area contributed by atoms with Crippen molar-refractivity contribution in [2.24, 2.45) is 5.73 Å². The molecule has 1 fully saturated rings. The summed E-state index contributed by atoms with van der Waals surface area (Å²) < 4.78 is 21.5. The van der Waals surface area contributed by atoms with Crippen molar-refractivity contribution < 1.29 is 13.9 Å². The van der Waals surface area contributed by atoms with Crippen molar-refractivity contribution in [1.82, 2.24) is 14.5 Å². The van der Waals surface area contributed by atoms with Crippen molar-refractivity contribution in [1.29, 1.82) is 0 Å². The van der Waals surface area contributed by atoms with Gasteiger partial charge in [-0.25, -0.2) is 9.37 Å². The highest BCUT2D eigenvalue weighted by Crippen LogP contribution is 2.33. The maximum atomic E-state index is 14.2. The Morgan fingerprint density at radius 1 is 1.19 bits per heavy atom. The van der Waals surface area contributed by atoms with Crippen LogP contribution in [-0.2, 0) is 4.74 Å². The number of carbonyl (C=O) groups is 1. The number of carbonyl (C=O) groups excluding carboxylic acids is 1. The number of benzene rings is 2. The van der Waals surface area contributed by atoms with E-state index in [9.17, 15) is 9.18 Å². The molecule has 2 aromatic carbocycles. The lowest BCUT2D eigenvalue weighted by Gasteiger charge is -2.29. The molecule has 1 amide bonds. The van der Waals surface area contributed by atoms with E-state index in [4.69, 9.17) is 22.1 Å². The third-order valence-corrected chi connectivity index (χ3v) is 5.82. The molecule has 1 aliphatic heterocycles. The van der Waals surface area contributed by atoms with Crippen LogP contribution in [-0.4, -0.2) is 46.7 Å². The van der Waals surface area contributed by atoms with Gasteiger partial charge in [-0.1, -0.05) is 11.6 Å². The van der Waals surface area contributed by atoms with E-state index in [1.54, 1.807) is 18.3 Å². The first-order chi connectivity index (χ1) is 14.9. The molecule has 0 bridgehead atoms. The van der Waals surface area contributed by atoms with Gasteiger partial charge in [0.2, 0.25) is 0 Å². The highest BCUT2D eigenvalue weighted by atomic mass is 35.5. The minimum atomic E-state index is -0.557. The van der Waals surface area contributed by atoms with Crippen LogP contribution in [0.1, 0.15) is 16.2 Å². The van der Waals surface area contributed by atoms with Crippen LogP contribution in [0.3, 0.4) is 0 Å². The van der Waals surface area contributed by atoms with Crippen LogP contribution in [0.4, 0.5) is 10.1 Å². The maximum Gasteiger partial charge on any atom is 0.251 e. The van der Waals surface area contributed by atoms with Crippen LogP contribution in [0, 0.1) is 12.7 Å². The molecular weight excluding hydrogens is 421 g/mol. The SMILES string of the molecule is Cc1nc2c(C(N)=O)cc(N3CCOCC3)cc2n1-c1ccnc2c(Cl)cc(F)cc12. The molecular formula is C22H19ClFN5O2. The molecule has 4 aromatic rings. The van der Waals surface area contributed by atoms with Crippen molar-refractivity contribution in [2.45, 2.75) is 6.92 Å². The molecule has 0 aliphatic carbocycles. The zero-order valence-corrected chi connectivity index (χ0v) is 17.5. The number of aromatic nitrogens is 3. The Morgan fingerprint density at radius 3 is 2.71 bits per heavy atom. The maximum absolute atomic E-state index is 14.2. The van der Waals surface area contributed by atoms with E-state index < -0.39 is 11.7 Å². The number of pyridine rings is 1. The number of fused-ring (bicyclic) bond motifs is 2. The predicted molar refractivity (Wildman–Crippen MR) is 118 cm³/mol. The molecule has 31 heavy (non-hydrogen) atoms. The van der Waals surface area contributed by atoms with E-state index in [0.717, 1.165) is 5.69 Å². The number of hydrogen-bond acceptors (Lipinski definition) is 5. The minimum absolute atomic E-state index is 0.228. The summed E-state index contributed by atoms with van der Waals surface area (Å²) in [6.45, 7) is 4.45. The van der Waals surface area contributed by atoms with Gasteiger partial charge >= 0.3 is 0 Å². The first-order valence-electron chi connectivity index (χ1n) is 9.84. The first kappa shape index (κ1) is 19.7. The molecule has 0 radical (unpaired) electrons. The summed E-state index contributed by atoms with van der Waals surface area (Å²) in [7, 11) is 0. The number of nitrogens with two attached hydrogens (primary N) is 1. The summed E-state index contributed by atoms with van der Waals surface area (Å²) in [5.41, 5.74) is 9.24. The molecule has 2 N–H and O–H groups in total. The summed E-state index contributed by atoms with van der Waals surface area (Å²) in [5.74, 6) is -0.386. The number of hydrogen-bond donors (Lipinski definition) is 1. The molecule has 1 aliphatic rings. The number of rotatable bonds is 3. The standard InChI is InChI=1S/C22H19ClFN5O2/c1-12-27-21-16(22(25)30)10-14(28-4-6-31-7-5-28)11-19(21)29(12)18-2-3-26-20-15(18)8-13(24)9-17(20)23/h2-3,8-11H,4-7H2,1H3,(H2,25,30). The van der Waals surface area contributed by atoms with Crippen LogP contribution in [0.25, 0.3) is 27.6 Å². The molecule has 1 saturated heterocycles. The van der Waals surface area contributed by atoms with E-state index in [1.165, 1.54) is 12.1 Å². The number of halogens is 2. The fourth-order valence-electron chi connectivity index (χ4n) is 4.13. The van der Waals surface area contributed by atoms with Gasteiger partial charge in [0.25, 0.3) is 5.91 Å². The van der Waals surface area contributed by atoms with Gasteiger partial charge in [0, 0.05) is 30.4 Å². The lowest BCUT2D eigenvalue weighted by atomic mass is 10.1. The normalized spacial score (nSPS) is 14.5. The highest BCUT2D eigenvalue weighted by Gasteiger charge is 2.21. The van der Waals surface area contributed by atoms with Gasteiger partial charge in [-0.2, -0.15) is 0 Å². The van der Waals surface area contributed by atoms with E-state index >= 15 is 0 Å². The summed E-state index contributed by atoms with van der Waals surface area (Å²) in [6, 6.07) is 8.16. The highest BCUT2D eigenvalue weighted by molar-refractivity contribution is 6.35. The Balaban J connectivity index is 1.82. The van der Waals surface area contributed by atoms with E-state index in [2.05, 4.69) is 14.9 Å².